The summed E-state index contributed by atoms with van der Waals surface area (Å²) in [5, 5.41) is 38.7. The van der Waals surface area contributed by atoms with Gasteiger partial charge in [0.1, 0.15) is 18.0 Å². The van der Waals surface area contributed by atoms with Gasteiger partial charge in [0.15, 0.2) is 0 Å². The van der Waals surface area contributed by atoms with Crippen molar-refractivity contribution in [2.24, 2.45) is 5.92 Å². The van der Waals surface area contributed by atoms with Gasteiger partial charge in [0, 0.05) is 12.3 Å². The average Bonchev–Trinajstić information content (AvgIpc) is 2.66. The Bertz CT molecular complexity index is 656. The van der Waals surface area contributed by atoms with Gasteiger partial charge in [-0.1, -0.05) is 17.7 Å². The molecule has 0 bridgehead atoms. The number of ether oxygens (including phenoxy) is 2. The summed E-state index contributed by atoms with van der Waals surface area (Å²) in [4.78, 5) is 0. The second-order valence-electron chi connectivity index (χ2n) is 7.05. The summed E-state index contributed by atoms with van der Waals surface area (Å²) in [5.74, 6) is 0.657. The number of rotatable bonds is 4. The normalized spacial score (nSPS) is 34.9. The van der Waals surface area contributed by atoms with Crippen LogP contribution in [0.25, 0.3) is 0 Å². The molecule has 0 radical (unpaired) electrons. The maximum absolute atomic E-state index is 10.0. The van der Waals surface area contributed by atoms with Gasteiger partial charge in [0.05, 0.1) is 36.0 Å². The van der Waals surface area contributed by atoms with Crippen molar-refractivity contribution in [2.75, 3.05) is 6.61 Å². The molecule has 1 heterocycles. The highest BCUT2D eigenvalue weighted by Crippen LogP contribution is 2.37. The quantitative estimate of drug-likeness (QED) is 0.739. The molecule has 3 N–H and O–H groups in total. The van der Waals surface area contributed by atoms with Gasteiger partial charge in [-0.2, -0.15) is 5.26 Å². The molecule has 4 atom stereocenters. The minimum absolute atomic E-state index is 0.0252. The molecule has 3 unspecified atom stereocenters. The molecule has 1 aromatic rings. The number of aliphatic hydroxyl groups is 3. The zero-order valence-corrected chi connectivity index (χ0v) is 15.2. The van der Waals surface area contributed by atoms with Crippen LogP contribution in [0.2, 0.25) is 5.02 Å². The Hall–Kier alpha value is -1.36. The molecule has 2 fully saturated rings. The molecule has 1 aliphatic heterocycles. The van der Waals surface area contributed by atoms with E-state index in [4.69, 9.17) is 26.3 Å². The van der Waals surface area contributed by atoms with Gasteiger partial charge < -0.3 is 24.8 Å². The van der Waals surface area contributed by atoms with Gasteiger partial charge in [-0.3, -0.25) is 0 Å². The van der Waals surface area contributed by atoms with Crippen molar-refractivity contribution in [3.63, 3.8) is 0 Å². The zero-order chi connectivity index (χ0) is 18.7. The molecule has 2 aliphatic rings. The van der Waals surface area contributed by atoms with Crippen LogP contribution in [0.3, 0.4) is 0 Å². The summed E-state index contributed by atoms with van der Waals surface area (Å²) in [5.41, 5.74) is 0.777. The summed E-state index contributed by atoms with van der Waals surface area (Å²) in [7, 11) is 0. The molecular weight excluding hydrogens is 358 g/mol. The van der Waals surface area contributed by atoms with E-state index in [2.05, 4.69) is 6.07 Å². The largest absolute Gasteiger partial charge is 0.489 e. The fourth-order valence-corrected chi connectivity index (χ4v) is 3.78. The number of halogens is 1. The molecule has 1 aromatic carbocycles. The molecule has 6 nitrogen and oxygen atoms in total. The van der Waals surface area contributed by atoms with E-state index in [0.717, 1.165) is 31.2 Å². The summed E-state index contributed by atoms with van der Waals surface area (Å²) >= 11 is 6.27. The van der Waals surface area contributed by atoms with Gasteiger partial charge in [0.2, 0.25) is 0 Å². The van der Waals surface area contributed by atoms with Crippen LogP contribution in [0, 0.1) is 17.2 Å². The van der Waals surface area contributed by atoms with Gasteiger partial charge in [-0.05, 0) is 43.4 Å². The van der Waals surface area contributed by atoms with E-state index in [1.165, 1.54) is 0 Å². The average molecular weight is 382 g/mol. The first-order valence-corrected chi connectivity index (χ1v) is 9.37. The van der Waals surface area contributed by atoms with E-state index in [9.17, 15) is 15.3 Å². The van der Waals surface area contributed by atoms with Gasteiger partial charge in [-0.25, -0.2) is 0 Å². The molecule has 1 saturated carbocycles. The van der Waals surface area contributed by atoms with E-state index < -0.39 is 24.4 Å². The van der Waals surface area contributed by atoms with Crippen LogP contribution in [0.4, 0.5) is 0 Å². The van der Waals surface area contributed by atoms with Crippen molar-refractivity contribution >= 4 is 11.6 Å². The molecular formula is C19H24ClNO5. The van der Waals surface area contributed by atoms with Crippen LogP contribution >= 0.6 is 11.6 Å². The number of nitriles is 1. The van der Waals surface area contributed by atoms with E-state index in [1.54, 1.807) is 18.2 Å². The Morgan fingerprint density at radius 2 is 1.96 bits per heavy atom. The summed E-state index contributed by atoms with van der Waals surface area (Å²) in [6.07, 6.45) is 0.181. The first-order valence-electron chi connectivity index (χ1n) is 9.00. The van der Waals surface area contributed by atoms with Crippen LogP contribution in [-0.4, -0.2) is 46.3 Å². The SMILES string of the molecule is N#CC1CCC(Oc2cc(C3CC(O)[C@H](O)C(CO)O3)ccc2Cl)CC1. The van der Waals surface area contributed by atoms with E-state index in [0.29, 0.717) is 10.8 Å². The summed E-state index contributed by atoms with van der Waals surface area (Å²) < 4.78 is 11.8. The zero-order valence-electron chi connectivity index (χ0n) is 14.4. The van der Waals surface area contributed by atoms with Crippen molar-refractivity contribution in [2.45, 2.75) is 62.6 Å². The monoisotopic (exact) mass is 381 g/mol. The van der Waals surface area contributed by atoms with Crippen molar-refractivity contribution in [1.29, 1.82) is 5.26 Å². The smallest absolute Gasteiger partial charge is 0.138 e. The van der Waals surface area contributed by atoms with Crippen LogP contribution in [0.15, 0.2) is 18.2 Å². The number of aliphatic hydroxyl groups excluding tert-OH is 3. The third-order valence-electron chi connectivity index (χ3n) is 5.23. The topological polar surface area (TPSA) is 103 Å². The Morgan fingerprint density at radius 3 is 2.62 bits per heavy atom. The Morgan fingerprint density at radius 1 is 1.23 bits per heavy atom. The van der Waals surface area contributed by atoms with Crippen LogP contribution < -0.4 is 4.74 Å². The predicted molar refractivity (Wildman–Crippen MR) is 94.8 cm³/mol. The van der Waals surface area contributed by atoms with Crippen LogP contribution in [-0.2, 0) is 4.74 Å². The second-order valence-corrected chi connectivity index (χ2v) is 7.46. The molecule has 1 saturated heterocycles. The molecule has 1 aliphatic carbocycles. The lowest BCUT2D eigenvalue weighted by molar-refractivity contribution is -0.181. The molecule has 0 amide bonds. The molecule has 0 aromatic heterocycles. The number of hydrogen-bond acceptors (Lipinski definition) is 6. The Balaban J connectivity index is 1.71. The maximum atomic E-state index is 10.0. The Kier molecular flexibility index (Phi) is 6.38. The van der Waals surface area contributed by atoms with Crippen LogP contribution in [0.5, 0.6) is 5.75 Å². The first-order chi connectivity index (χ1) is 12.5. The molecule has 0 spiro atoms. The second kappa shape index (κ2) is 8.55. The fraction of sp³-hybridized carbons (Fsp3) is 0.632. The van der Waals surface area contributed by atoms with Gasteiger partial charge in [0.25, 0.3) is 0 Å². The summed E-state index contributed by atoms with van der Waals surface area (Å²) in [6.45, 7) is -0.367. The van der Waals surface area contributed by atoms with Crippen molar-refractivity contribution < 1.29 is 24.8 Å². The highest BCUT2D eigenvalue weighted by Gasteiger charge is 2.37. The standard InChI is InChI=1S/C19H24ClNO5/c20-14-6-3-12(16-8-15(23)19(24)18(10-22)26-16)7-17(14)25-13-4-1-11(9-21)2-5-13/h3,6-7,11,13,15-16,18-19,22-24H,1-2,4-5,8,10H2/t11?,13?,15?,16?,18?,19-/m0/s1. The third kappa shape index (κ3) is 4.30. The number of hydrogen-bond donors (Lipinski definition) is 3. The first kappa shape index (κ1) is 19.4. The third-order valence-corrected chi connectivity index (χ3v) is 5.54. The highest BCUT2D eigenvalue weighted by molar-refractivity contribution is 6.32. The number of nitrogens with zero attached hydrogens (tertiary/aromatic N) is 1. The van der Waals surface area contributed by atoms with E-state index in [-0.39, 0.29) is 25.0 Å². The molecule has 7 heteroatoms. The van der Waals surface area contributed by atoms with Crippen molar-refractivity contribution in [3.05, 3.63) is 28.8 Å². The Labute approximate surface area is 157 Å². The number of benzene rings is 1. The van der Waals surface area contributed by atoms with Crippen molar-refractivity contribution in [3.8, 4) is 11.8 Å². The highest BCUT2D eigenvalue weighted by atomic mass is 35.5. The predicted octanol–water partition coefficient (Wildman–Crippen LogP) is 2.35. The van der Waals surface area contributed by atoms with E-state index >= 15 is 0 Å². The maximum Gasteiger partial charge on any atom is 0.138 e. The molecule has 26 heavy (non-hydrogen) atoms. The van der Waals surface area contributed by atoms with Crippen molar-refractivity contribution in [1.82, 2.24) is 0 Å². The minimum Gasteiger partial charge on any atom is -0.489 e. The van der Waals surface area contributed by atoms with Gasteiger partial charge in [-0.15, -0.1) is 0 Å². The van der Waals surface area contributed by atoms with E-state index in [1.807, 2.05) is 0 Å². The lowest BCUT2D eigenvalue weighted by atomic mass is 9.88. The van der Waals surface area contributed by atoms with Gasteiger partial charge >= 0.3 is 0 Å². The minimum atomic E-state index is -1.10. The molecule has 142 valence electrons. The van der Waals surface area contributed by atoms with Crippen LogP contribution in [0.1, 0.15) is 43.8 Å². The lowest BCUT2D eigenvalue weighted by Crippen LogP contribution is -2.47. The fourth-order valence-electron chi connectivity index (χ4n) is 3.62. The lowest BCUT2D eigenvalue weighted by Gasteiger charge is -2.36. The summed E-state index contributed by atoms with van der Waals surface area (Å²) in [6, 6.07) is 7.62. The molecule has 3 rings (SSSR count).